The standard InChI is InChI=1S/C40H42N4/c1-4-6-7-8-9-10-14-22-33(18-5-2)35-24-16-15-23-34-26-27-36(29-37(34)28-35)39-40(38-25-17-19-31(3)41-38)44(43-42-39)30-32-20-12-11-13-21-32/h4-6,11-13,15-29H,7-10,14,30H2,1-3H3/b6-4+,16-15+,18-5-,23-15?,24-16?,33-22+,34-23+,35-24+,35-28?,37-28-. The van der Waals surface area contributed by atoms with Gasteiger partial charge in [0, 0.05) is 11.3 Å². The summed E-state index contributed by atoms with van der Waals surface area (Å²) in [4.78, 5) is 4.88. The van der Waals surface area contributed by atoms with Crippen molar-refractivity contribution in [1.82, 2.24) is 20.0 Å². The summed E-state index contributed by atoms with van der Waals surface area (Å²) in [6.07, 6.45) is 28.0. The van der Waals surface area contributed by atoms with Crippen LogP contribution in [-0.2, 0) is 6.54 Å². The van der Waals surface area contributed by atoms with Crippen LogP contribution in [0.5, 0.6) is 0 Å². The molecule has 222 valence electrons. The molecule has 4 aromatic rings. The monoisotopic (exact) mass is 578 g/mol. The molecule has 0 bridgehead atoms. The van der Waals surface area contributed by atoms with Crippen LogP contribution in [0.25, 0.3) is 34.8 Å². The molecule has 2 aromatic carbocycles. The molecule has 2 heterocycles. The van der Waals surface area contributed by atoms with Crippen LogP contribution < -0.4 is 10.4 Å². The number of aryl methyl sites for hydroxylation is 1. The Labute approximate surface area is 261 Å². The molecule has 0 saturated heterocycles. The van der Waals surface area contributed by atoms with Crippen LogP contribution in [0.2, 0.25) is 0 Å². The van der Waals surface area contributed by atoms with Crippen LogP contribution in [-0.4, -0.2) is 20.0 Å². The van der Waals surface area contributed by atoms with Gasteiger partial charge in [-0.15, -0.1) is 5.10 Å². The van der Waals surface area contributed by atoms with E-state index in [1.54, 1.807) is 0 Å². The molecule has 0 fully saturated rings. The molecule has 1 aliphatic rings. The molecule has 5 rings (SSSR count). The van der Waals surface area contributed by atoms with Gasteiger partial charge in [-0.25, -0.2) is 4.68 Å². The van der Waals surface area contributed by atoms with Crippen LogP contribution in [0.4, 0.5) is 0 Å². The summed E-state index contributed by atoms with van der Waals surface area (Å²) in [6, 6.07) is 23.1. The molecule has 0 unspecified atom stereocenters. The molecule has 1 aliphatic carbocycles. The van der Waals surface area contributed by atoms with E-state index >= 15 is 0 Å². The SMILES string of the molecule is C\C=C/C(=C\CCCCC/C=C/C)C1=C/C=C/C=c2\ccc(-c3nnn(Cc4ccccc4)c3-c3cccc(C)n3)c\c2=C\1. The first-order chi connectivity index (χ1) is 21.7. The van der Waals surface area contributed by atoms with E-state index < -0.39 is 0 Å². The quantitative estimate of drug-likeness (QED) is 0.0962. The van der Waals surface area contributed by atoms with Crippen LogP contribution in [0.15, 0.2) is 126 Å². The minimum absolute atomic E-state index is 0.619. The lowest BCUT2D eigenvalue weighted by Gasteiger charge is -2.10. The Kier molecular flexibility index (Phi) is 10.8. The van der Waals surface area contributed by atoms with Crippen molar-refractivity contribution in [3.8, 4) is 22.6 Å². The molecule has 0 spiro atoms. The topological polar surface area (TPSA) is 43.6 Å². The van der Waals surface area contributed by atoms with Gasteiger partial charge < -0.3 is 0 Å². The van der Waals surface area contributed by atoms with Crippen molar-refractivity contribution in [3.05, 3.63) is 148 Å². The Balaban J connectivity index is 1.53. The zero-order valence-electron chi connectivity index (χ0n) is 26.2. The molecule has 4 heteroatoms. The molecule has 44 heavy (non-hydrogen) atoms. The number of fused-ring (bicyclic) bond motifs is 1. The van der Waals surface area contributed by atoms with Gasteiger partial charge in [0.25, 0.3) is 0 Å². The molecule has 0 N–H and O–H groups in total. The third-order valence-corrected chi connectivity index (χ3v) is 7.73. The largest absolute Gasteiger partial charge is 0.251 e. The highest BCUT2D eigenvalue weighted by Crippen LogP contribution is 2.29. The second-order valence-corrected chi connectivity index (χ2v) is 11.1. The number of hydrogen-bond donors (Lipinski definition) is 0. The van der Waals surface area contributed by atoms with Gasteiger partial charge in [0.2, 0.25) is 0 Å². The van der Waals surface area contributed by atoms with E-state index in [2.05, 4.69) is 122 Å². The van der Waals surface area contributed by atoms with Gasteiger partial charge in [-0.2, -0.15) is 0 Å². The maximum atomic E-state index is 4.88. The maximum absolute atomic E-state index is 4.88. The third kappa shape index (κ3) is 7.96. The highest BCUT2D eigenvalue weighted by Gasteiger charge is 2.18. The summed E-state index contributed by atoms with van der Waals surface area (Å²) in [5.74, 6) is 0. The van der Waals surface area contributed by atoms with Gasteiger partial charge in [0.05, 0.1) is 12.2 Å². The number of allylic oxidation sites excluding steroid dienone is 10. The predicted octanol–water partition coefficient (Wildman–Crippen LogP) is 8.45. The van der Waals surface area contributed by atoms with Crippen molar-refractivity contribution in [2.75, 3.05) is 0 Å². The average Bonchev–Trinajstić information content (AvgIpc) is 3.44. The van der Waals surface area contributed by atoms with Gasteiger partial charge in [-0.05, 0) is 97.9 Å². The summed E-state index contributed by atoms with van der Waals surface area (Å²) in [7, 11) is 0. The summed E-state index contributed by atoms with van der Waals surface area (Å²) >= 11 is 0. The van der Waals surface area contributed by atoms with Gasteiger partial charge in [0.1, 0.15) is 11.4 Å². The Morgan fingerprint density at radius 2 is 1.66 bits per heavy atom. The first kappa shape index (κ1) is 30.6. The second-order valence-electron chi connectivity index (χ2n) is 11.1. The van der Waals surface area contributed by atoms with E-state index in [-0.39, 0.29) is 0 Å². The average molecular weight is 579 g/mol. The second kappa shape index (κ2) is 15.6. The lowest BCUT2D eigenvalue weighted by atomic mass is 9.98. The molecule has 0 radical (unpaired) electrons. The molecule has 0 atom stereocenters. The number of rotatable bonds is 12. The molecular weight excluding hydrogens is 536 g/mol. The molecule has 0 amide bonds. The van der Waals surface area contributed by atoms with Crippen molar-refractivity contribution >= 4 is 12.2 Å². The fourth-order valence-electron chi connectivity index (χ4n) is 5.48. The number of unbranched alkanes of at least 4 members (excludes halogenated alkanes) is 4. The first-order valence-corrected chi connectivity index (χ1v) is 15.7. The first-order valence-electron chi connectivity index (χ1n) is 15.7. The van der Waals surface area contributed by atoms with Crippen LogP contribution in [0, 0.1) is 6.92 Å². The van der Waals surface area contributed by atoms with Crippen molar-refractivity contribution in [2.24, 2.45) is 0 Å². The molecule has 4 nitrogen and oxygen atoms in total. The Hall–Kier alpha value is -4.83. The molecule has 2 aromatic heterocycles. The maximum Gasteiger partial charge on any atom is 0.122 e. The van der Waals surface area contributed by atoms with Crippen LogP contribution >= 0.6 is 0 Å². The van der Waals surface area contributed by atoms with E-state index in [4.69, 9.17) is 10.1 Å². The molecular formula is C40H42N4. The summed E-state index contributed by atoms with van der Waals surface area (Å²) in [5.41, 5.74) is 8.23. The molecule has 0 saturated carbocycles. The van der Waals surface area contributed by atoms with E-state index in [0.29, 0.717) is 6.54 Å². The zero-order valence-corrected chi connectivity index (χ0v) is 26.2. The lowest BCUT2D eigenvalue weighted by molar-refractivity contribution is 0.654. The fourth-order valence-corrected chi connectivity index (χ4v) is 5.48. The zero-order chi connectivity index (χ0) is 30.6. The molecule has 0 aliphatic heterocycles. The van der Waals surface area contributed by atoms with Crippen molar-refractivity contribution in [2.45, 2.75) is 59.4 Å². The minimum atomic E-state index is 0.619. The van der Waals surface area contributed by atoms with E-state index in [9.17, 15) is 0 Å². The summed E-state index contributed by atoms with van der Waals surface area (Å²) in [6.45, 7) is 6.82. The van der Waals surface area contributed by atoms with Crippen molar-refractivity contribution in [3.63, 3.8) is 0 Å². The number of benzene rings is 2. The third-order valence-electron chi connectivity index (χ3n) is 7.73. The van der Waals surface area contributed by atoms with Gasteiger partial charge in [0.15, 0.2) is 0 Å². The normalized spacial score (nSPS) is 16.8. The lowest BCUT2D eigenvalue weighted by Crippen LogP contribution is -2.25. The summed E-state index contributed by atoms with van der Waals surface area (Å²) in [5, 5.41) is 11.7. The highest BCUT2D eigenvalue weighted by atomic mass is 15.4. The fraction of sp³-hybridized carbons (Fsp3) is 0.225. The van der Waals surface area contributed by atoms with Crippen LogP contribution in [0.3, 0.4) is 0 Å². The number of pyridine rings is 1. The van der Waals surface area contributed by atoms with Crippen molar-refractivity contribution in [1.29, 1.82) is 0 Å². The Morgan fingerprint density at radius 3 is 2.48 bits per heavy atom. The Bertz CT molecular complexity index is 1830. The minimum Gasteiger partial charge on any atom is -0.251 e. The highest BCUT2D eigenvalue weighted by molar-refractivity contribution is 5.77. The van der Waals surface area contributed by atoms with E-state index in [1.807, 2.05) is 35.9 Å². The van der Waals surface area contributed by atoms with Crippen molar-refractivity contribution < 1.29 is 0 Å². The smallest absolute Gasteiger partial charge is 0.122 e. The number of hydrogen-bond acceptors (Lipinski definition) is 3. The Morgan fingerprint density at radius 1 is 0.818 bits per heavy atom. The van der Waals surface area contributed by atoms with Gasteiger partial charge in [-0.3, -0.25) is 4.98 Å². The number of nitrogens with zero attached hydrogens (tertiary/aromatic N) is 4. The van der Waals surface area contributed by atoms with E-state index in [1.165, 1.54) is 47.6 Å². The number of aromatic nitrogens is 4. The van der Waals surface area contributed by atoms with Gasteiger partial charge in [-0.1, -0.05) is 115 Å². The van der Waals surface area contributed by atoms with E-state index in [0.717, 1.165) is 40.0 Å². The summed E-state index contributed by atoms with van der Waals surface area (Å²) < 4.78 is 1.97. The predicted molar refractivity (Wildman–Crippen MR) is 185 cm³/mol. The van der Waals surface area contributed by atoms with Crippen LogP contribution in [0.1, 0.15) is 57.2 Å². The van der Waals surface area contributed by atoms with Gasteiger partial charge >= 0.3 is 0 Å².